The summed E-state index contributed by atoms with van der Waals surface area (Å²) in [4.78, 5) is 20.8. The van der Waals surface area contributed by atoms with Crippen molar-refractivity contribution in [2.75, 3.05) is 6.54 Å². The number of hydrogen-bond acceptors (Lipinski definition) is 4. The fraction of sp³-hybridized carbons (Fsp3) is 0.500. The molecule has 0 aliphatic carbocycles. The lowest BCUT2D eigenvalue weighted by Gasteiger charge is -2.06. The van der Waals surface area contributed by atoms with Gasteiger partial charge >= 0.3 is 5.97 Å². The van der Waals surface area contributed by atoms with Crippen molar-refractivity contribution in [1.82, 2.24) is 5.32 Å². The second-order valence-electron chi connectivity index (χ2n) is 2.28. The molecule has 68 valence electrons. The second kappa shape index (κ2) is 4.45. The number of carboxylic acids is 1. The van der Waals surface area contributed by atoms with Crippen molar-refractivity contribution in [2.45, 2.75) is 13.0 Å². The lowest BCUT2D eigenvalue weighted by Crippen LogP contribution is -2.43. The fourth-order valence-electron chi connectivity index (χ4n) is 0.423. The smallest absolute Gasteiger partial charge is 0.322 e. The van der Waals surface area contributed by atoms with Crippen molar-refractivity contribution in [2.24, 2.45) is 5.73 Å². The van der Waals surface area contributed by atoms with Crippen molar-refractivity contribution in [1.29, 1.82) is 5.41 Å². The third kappa shape index (κ3) is 3.67. The van der Waals surface area contributed by atoms with Crippen LogP contribution in [-0.4, -0.2) is 35.3 Å². The molecule has 0 rings (SSSR count). The summed E-state index contributed by atoms with van der Waals surface area (Å²) in [7, 11) is 0. The zero-order chi connectivity index (χ0) is 9.72. The summed E-state index contributed by atoms with van der Waals surface area (Å²) < 4.78 is 0. The number of rotatable bonds is 4. The molecule has 0 aliphatic rings. The molecule has 0 saturated carbocycles. The molecule has 0 saturated heterocycles. The molecule has 1 unspecified atom stereocenters. The molecular weight excluding hydrogens is 162 g/mol. The molecule has 0 radical (unpaired) electrons. The van der Waals surface area contributed by atoms with Gasteiger partial charge in [-0.1, -0.05) is 0 Å². The number of carboxylic acid groups (broad SMARTS) is 1. The molecule has 12 heavy (non-hydrogen) atoms. The number of amides is 1. The van der Waals surface area contributed by atoms with Crippen LogP contribution < -0.4 is 11.1 Å². The summed E-state index contributed by atoms with van der Waals surface area (Å²) in [5.74, 6) is -1.79. The van der Waals surface area contributed by atoms with Gasteiger partial charge in [0.05, 0.1) is 5.71 Å². The van der Waals surface area contributed by atoms with E-state index in [0.29, 0.717) is 0 Å². The van der Waals surface area contributed by atoms with E-state index in [4.69, 9.17) is 16.2 Å². The monoisotopic (exact) mass is 173 g/mol. The first kappa shape index (κ1) is 10.6. The van der Waals surface area contributed by atoms with Crippen molar-refractivity contribution < 1.29 is 14.7 Å². The number of carbonyl (C=O) groups is 2. The highest BCUT2D eigenvalue weighted by atomic mass is 16.4. The SMILES string of the molecule is CC(=N)C(=O)NCC(N)C(=O)O. The molecule has 0 fully saturated rings. The Bertz CT molecular complexity index is 214. The first-order valence-corrected chi connectivity index (χ1v) is 3.27. The number of aliphatic carboxylic acids is 1. The quantitative estimate of drug-likeness (QED) is 0.389. The molecule has 0 bridgehead atoms. The highest BCUT2D eigenvalue weighted by Crippen LogP contribution is 1.77. The molecule has 6 heteroatoms. The number of nitrogens with two attached hydrogens (primary N) is 1. The molecule has 1 amide bonds. The van der Waals surface area contributed by atoms with Gasteiger partial charge in [-0.25, -0.2) is 0 Å². The van der Waals surface area contributed by atoms with Crippen LogP contribution in [0, 0.1) is 5.41 Å². The van der Waals surface area contributed by atoms with E-state index < -0.39 is 17.9 Å². The van der Waals surface area contributed by atoms with Gasteiger partial charge in [-0.15, -0.1) is 0 Å². The predicted molar refractivity (Wildman–Crippen MR) is 42.0 cm³/mol. The maximum absolute atomic E-state index is 10.7. The molecule has 6 nitrogen and oxygen atoms in total. The predicted octanol–water partition coefficient (Wildman–Crippen LogP) is -1.45. The van der Waals surface area contributed by atoms with Crippen LogP contribution in [0.4, 0.5) is 0 Å². The van der Waals surface area contributed by atoms with Crippen molar-refractivity contribution >= 4 is 17.6 Å². The Labute approximate surface area is 69.3 Å². The summed E-state index contributed by atoms with van der Waals surface area (Å²) in [5, 5.41) is 17.3. The fourth-order valence-corrected chi connectivity index (χ4v) is 0.423. The zero-order valence-electron chi connectivity index (χ0n) is 6.63. The van der Waals surface area contributed by atoms with Gasteiger partial charge in [0.2, 0.25) is 0 Å². The van der Waals surface area contributed by atoms with Gasteiger partial charge in [0.25, 0.3) is 5.91 Å². The van der Waals surface area contributed by atoms with Crippen LogP contribution in [0.2, 0.25) is 0 Å². The van der Waals surface area contributed by atoms with Gasteiger partial charge < -0.3 is 16.2 Å². The van der Waals surface area contributed by atoms with Gasteiger partial charge in [-0.2, -0.15) is 0 Å². The van der Waals surface area contributed by atoms with Crippen LogP contribution in [0.15, 0.2) is 0 Å². The number of carbonyl (C=O) groups excluding carboxylic acids is 1. The number of nitrogens with one attached hydrogen (secondary N) is 2. The zero-order valence-corrected chi connectivity index (χ0v) is 6.63. The minimum absolute atomic E-state index is 0.162. The first-order chi connectivity index (χ1) is 5.45. The van der Waals surface area contributed by atoms with Crippen LogP contribution in [0.5, 0.6) is 0 Å². The first-order valence-electron chi connectivity index (χ1n) is 3.27. The molecule has 0 aromatic carbocycles. The Morgan fingerprint density at radius 3 is 2.50 bits per heavy atom. The standard InChI is InChI=1S/C6H11N3O3/c1-3(7)5(10)9-2-4(8)6(11)12/h4,7H,2,8H2,1H3,(H,9,10)(H,11,12). The van der Waals surface area contributed by atoms with Crippen LogP contribution in [0.1, 0.15) is 6.92 Å². The van der Waals surface area contributed by atoms with Gasteiger partial charge in [0, 0.05) is 6.54 Å². The molecule has 0 aliphatic heterocycles. The maximum atomic E-state index is 10.7. The molecule has 0 heterocycles. The van der Waals surface area contributed by atoms with Crippen LogP contribution in [-0.2, 0) is 9.59 Å². The Morgan fingerprint density at radius 2 is 2.17 bits per heavy atom. The highest BCUT2D eigenvalue weighted by molar-refractivity contribution is 6.36. The molecule has 0 aromatic rings. The van der Waals surface area contributed by atoms with E-state index in [1.807, 2.05) is 0 Å². The van der Waals surface area contributed by atoms with Crippen LogP contribution in [0.25, 0.3) is 0 Å². The normalized spacial score (nSPS) is 11.8. The molecule has 1 atom stereocenters. The topological polar surface area (TPSA) is 116 Å². The third-order valence-electron chi connectivity index (χ3n) is 1.14. The van der Waals surface area contributed by atoms with E-state index in [2.05, 4.69) is 5.32 Å². The third-order valence-corrected chi connectivity index (χ3v) is 1.14. The average molecular weight is 173 g/mol. The van der Waals surface area contributed by atoms with E-state index in [1.165, 1.54) is 6.92 Å². The Hall–Kier alpha value is -1.43. The summed E-state index contributed by atoms with van der Waals surface area (Å²) in [6, 6.07) is -1.12. The van der Waals surface area contributed by atoms with Gasteiger partial charge in [-0.05, 0) is 6.92 Å². The van der Waals surface area contributed by atoms with Gasteiger partial charge in [0.15, 0.2) is 0 Å². The van der Waals surface area contributed by atoms with E-state index in [9.17, 15) is 9.59 Å². The minimum atomic E-state index is -1.18. The van der Waals surface area contributed by atoms with Gasteiger partial charge in [-0.3, -0.25) is 15.0 Å². The summed E-state index contributed by atoms with van der Waals surface area (Å²) in [6.45, 7) is 1.14. The summed E-state index contributed by atoms with van der Waals surface area (Å²) in [6.07, 6.45) is 0. The van der Waals surface area contributed by atoms with E-state index in [0.717, 1.165) is 0 Å². The summed E-state index contributed by atoms with van der Waals surface area (Å²) in [5.41, 5.74) is 4.91. The van der Waals surface area contributed by atoms with E-state index >= 15 is 0 Å². The molecule has 5 N–H and O–H groups in total. The van der Waals surface area contributed by atoms with Crippen molar-refractivity contribution in [3.63, 3.8) is 0 Å². The Kier molecular flexibility index (Phi) is 3.92. The Morgan fingerprint density at radius 1 is 1.67 bits per heavy atom. The minimum Gasteiger partial charge on any atom is -0.480 e. The summed E-state index contributed by atoms with van der Waals surface area (Å²) >= 11 is 0. The average Bonchev–Trinajstić information content (AvgIpc) is 1.98. The largest absolute Gasteiger partial charge is 0.480 e. The lowest BCUT2D eigenvalue weighted by atomic mass is 10.3. The lowest BCUT2D eigenvalue weighted by molar-refractivity contribution is -0.138. The number of hydrogen-bond donors (Lipinski definition) is 4. The maximum Gasteiger partial charge on any atom is 0.322 e. The Balaban J connectivity index is 3.76. The van der Waals surface area contributed by atoms with Gasteiger partial charge in [0.1, 0.15) is 6.04 Å². The molecule has 0 aromatic heterocycles. The van der Waals surface area contributed by atoms with Crippen molar-refractivity contribution in [3.05, 3.63) is 0 Å². The van der Waals surface area contributed by atoms with Crippen molar-refractivity contribution in [3.8, 4) is 0 Å². The molecular formula is C6H11N3O3. The van der Waals surface area contributed by atoms with Crippen LogP contribution in [0.3, 0.4) is 0 Å². The molecule has 0 spiro atoms. The van der Waals surface area contributed by atoms with E-state index in [1.54, 1.807) is 0 Å². The second-order valence-corrected chi connectivity index (χ2v) is 2.28. The van der Waals surface area contributed by atoms with Crippen LogP contribution >= 0.6 is 0 Å². The van der Waals surface area contributed by atoms with E-state index in [-0.39, 0.29) is 12.3 Å². The highest BCUT2D eigenvalue weighted by Gasteiger charge is 2.12.